The fourth-order valence-electron chi connectivity index (χ4n) is 0.901. The van der Waals surface area contributed by atoms with Gasteiger partial charge in [-0.2, -0.15) is 23.5 Å². The van der Waals surface area contributed by atoms with E-state index in [9.17, 15) is 0 Å². The van der Waals surface area contributed by atoms with E-state index < -0.39 is 0 Å². The summed E-state index contributed by atoms with van der Waals surface area (Å²) in [5.74, 6) is 7.07. The van der Waals surface area contributed by atoms with Crippen molar-refractivity contribution in [3.8, 4) is 0 Å². The van der Waals surface area contributed by atoms with E-state index in [0.29, 0.717) is 0 Å². The molecule has 0 spiro atoms. The molecule has 0 heterocycles. The third-order valence-electron chi connectivity index (χ3n) is 1.48. The lowest BCUT2D eigenvalue weighted by Gasteiger charge is -2.05. The minimum absolute atomic E-state index is 0. The quantitative estimate of drug-likeness (QED) is 0.529. The van der Waals surface area contributed by atoms with Gasteiger partial charge in [0.15, 0.2) is 0 Å². The summed E-state index contributed by atoms with van der Waals surface area (Å²) in [5.41, 5.74) is 0. The summed E-state index contributed by atoms with van der Waals surface area (Å²) in [7, 11) is 0. The minimum Gasteiger partial charge on any atom is -0.162 e. The van der Waals surface area contributed by atoms with Crippen LogP contribution in [0.15, 0.2) is 0 Å². The molecule has 0 radical (unpaired) electrons. The van der Waals surface area contributed by atoms with E-state index >= 15 is 0 Å². The second kappa shape index (κ2) is 14.7. The van der Waals surface area contributed by atoms with Crippen LogP contribution in [0.4, 0.5) is 0 Å². The Hall–Kier alpha value is 0.700. The highest BCUT2D eigenvalue weighted by Crippen LogP contribution is 2.13. The molecule has 96 valence electrons. The summed E-state index contributed by atoms with van der Waals surface area (Å²) >= 11 is 4.21. The highest BCUT2D eigenvalue weighted by Gasteiger charge is 1.96. The molecule has 0 aliphatic carbocycles. The second-order valence-corrected chi connectivity index (χ2v) is 6.59. The molecule has 0 fully saturated rings. The van der Waals surface area contributed by atoms with Gasteiger partial charge < -0.3 is 0 Å². The minimum atomic E-state index is 0. The van der Waals surface area contributed by atoms with Crippen molar-refractivity contribution in [3.63, 3.8) is 0 Å². The molecule has 0 aromatic rings. The zero-order valence-corrected chi connectivity index (χ0v) is 11.1. The van der Waals surface area contributed by atoms with E-state index in [0.717, 1.165) is 11.8 Å². The normalized spacial score (nSPS) is 10.0. The summed E-state index contributed by atoms with van der Waals surface area (Å²) in [5, 5.41) is 0. The van der Waals surface area contributed by atoms with Crippen LogP contribution in [-0.4, -0.2) is 23.0 Å². The van der Waals surface area contributed by atoms with Crippen molar-refractivity contribution >= 4 is 23.5 Å². The highest BCUT2D eigenvalue weighted by molar-refractivity contribution is 8.00. The molecule has 0 N–H and O–H groups in total. The average Bonchev–Trinajstić information content (AvgIpc) is 2.01. The lowest BCUT2D eigenvalue weighted by atomic mass is 10.3. The van der Waals surface area contributed by atoms with Gasteiger partial charge in [0.25, 0.3) is 0 Å². The van der Waals surface area contributed by atoms with Crippen LogP contribution in [0.25, 0.3) is 0 Å². The van der Waals surface area contributed by atoms with Crippen LogP contribution < -0.4 is 0 Å². The Morgan fingerprint density at radius 2 is 1.07 bits per heavy atom. The summed E-state index contributed by atoms with van der Waals surface area (Å²) in [6, 6.07) is 0. The van der Waals surface area contributed by atoms with Gasteiger partial charge in [-0.25, -0.2) is 0 Å². The zero-order valence-electron chi connectivity index (χ0n) is 9.51. The van der Waals surface area contributed by atoms with E-state index in [1.54, 1.807) is 0 Å². The Morgan fingerprint density at radius 3 is 1.33 bits per heavy atom. The molecule has 2 heteroatoms. The van der Waals surface area contributed by atoms with Crippen molar-refractivity contribution in [2.75, 3.05) is 23.0 Å². The van der Waals surface area contributed by atoms with Gasteiger partial charge in [-0.3, -0.25) is 0 Å². The lowest BCUT2D eigenvalue weighted by Crippen LogP contribution is -1.95. The van der Waals surface area contributed by atoms with Gasteiger partial charge in [0, 0.05) is 0 Å². The largest absolute Gasteiger partial charge is 0.162 e. The van der Waals surface area contributed by atoms with Crippen molar-refractivity contribution in [1.82, 2.24) is 0 Å². The monoisotopic (exact) mass is 252 g/mol. The van der Waals surface area contributed by atoms with Crippen molar-refractivity contribution in [1.29, 1.82) is 0 Å². The van der Waals surface area contributed by atoms with Crippen LogP contribution in [0, 0.1) is 11.8 Å². The van der Waals surface area contributed by atoms with E-state index in [2.05, 4.69) is 51.2 Å². The third-order valence-corrected chi connectivity index (χ3v) is 4.44. The van der Waals surface area contributed by atoms with Crippen LogP contribution in [0.3, 0.4) is 0 Å². The number of hydrogen-bond acceptors (Lipinski definition) is 2. The summed E-state index contributed by atoms with van der Waals surface area (Å²) < 4.78 is 0. The van der Waals surface area contributed by atoms with Gasteiger partial charge >= 0.3 is 0 Å². The first kappa shape index (κ1) is 21.0. The maximum absolute atomic E-state index is 2.29. The predicted molar refractivity (Wildman–Crippen MR) is 82.4 cm³/mol. The molecule has 0 bridgehead atoms. The van der Waals surface area contributed by atoms with E-state index in [-0.39, 0.29) is 14.9 Å². The Morgan fingerprint density at radius 1 is 0.733 bits per heavy atom. The van der Waals surface area contributed by atoms with Crippen LogP contribution in [-0.2, 0) is 0 Å². The molecule has 15 heavy (non-hydrogen) atoms. The van der Waals surface area contributed by atoms with E-state index in [1.165, 1.54) is 29.4 Å². The molecule has 0 aromatic carbocycles. The topological polar surface area (TPSA) is 0 Å². The first-order chi connectivity index (χ1) is 6.13. The lowest BCUT2D eigenvalue weighted by molar-refractivity contribution is 0.749. The van der Waals surface area contributed by atoms with Crippen molar-refractivity contribution in [3.05, 3.63) is 0 Å². The summed E-state index contributed by atoms with van der Waals surface area (Å²) in [6.07, 6.45) is 1.38. The van der Waals surface area contributed by atoms with Gasteiger partial charge in [0.2, 0.25) is 0 Å². The van der Waals surface area contributed by atoms with Gasteiger partial charge in [0.1, 0.15) is 0 Å². The maximum atomic E-state index is 2.29. The Labute approximate surface area is 107 Å². The van der Waals surface area contributed by atoms with Gasteiger partial charge in [-0.05, 0) is 41.3 Å². The molecule has 0 saturated carbocycles. The molecule has 0 aliphatic heterocycles. The van der Waals surface area contributed by atoms with Gasteiger partial charge in [-0.15, -0.1) is 0 Å². The predicted octanol–water partition coefficient (Wildman–Crippen LogP) is 5.43. The molecule has 0 saturated heterocycles. The number of thioether (sulfide) groups is 2. The average molecular weight is 253 g/mol. The number of rotatable bonds is 8. The number of hydrogen-bond donors (Lipinski definition) is 0. The summed E-state index contributed by atoms with van der Waals surface area (Å²) in [4.78, 5) is 0. The van der Waals surface area contributed by atoms with Crippen molar-refractivity contribution in [2.45, 2.75) is 49.0 Å². The molecule has 0 aliphatic rings. The van der Waals surface area contributed by atoms with E-state index in [1.807, 2.05) is 0 Å². The molecule has 0 rings (SSSR count). The standard InChI is InChI=1S/C11H24S2.2CH4/c1-10(2)8-12-6-5-7-13-9-11(3)4;;/h10-11H,5-9H2,1-4H3;2*1H4. The molecular weight excluding hydrogens is 220 g/mol. The Kier molecular flexibility index (Phi) is 20.6. The van der Waals surface area contributed by atoms with Crippen LogP contribution in [0.5, 0.6) is 0 Å². The van der Waals surface area contributed by atoms with Crippen LogP contribution in [0.1, 0.15) is 49.0 Å². The van der Waals surface area contributed by atoms with Gasteiger partial charge in [0.05, 0.1) is 0 Å². The highest BCUT2D eigenvalue weighted by atomic mass is 32.2. The second-order valence-electron chi connectivity index (χ2n) is 4.29. The molecule has 0 unspecified atom stereocenters. The SMILES string of the molecule is C.C.CC(C)CSCCCSCC(C)C. The Balaban J connectivity index is -0.000000720. The van der Waals surface area contributed by atoms with E-state index in [4.69, 9.17) is 0 Å². The first-order valence-corrected chi connectivity index (χ1v) is 7.59. The van der Waals surface area contributed by atoms with Crippen molar-refractivity contribution in [2.24, 2.45) is 11.8 Å². The fourth-order valence-corrected chi connectivity index (χ4v) is 3.06. The third kappa shape index (κ3) is 20.7. The molecule has 0 aromatic heterocycles. The fraction of sp³-hybridized carbons (Fsp3) is 1.00. The van der Waals surface area contributed by atoms with Crippen LogP contribution >= 0.6 is 23.5 Å². The molecule has 0 atom stereocenters. The molecular formula is C13H32S2. The molecule has 0 amide bonds. The maximum Gasteiger partial charge on any atom is -0.00444 e. The smallest absolute Gasteiger partial charge is 0.00444 e. The Bertz CT molecular complexity index is 88.7. The van der Waals surface area contributed by atoms with Gasteiger partial charge in [-0.1, -0.05) is 42.5 Å². The summed E-state index contributed by atoms with van der Waals surface area (Å²) in [6.45, 7) is 9.17. The molecule has 0 nitrogen and oxygen atoms in total. The first-order valence-electron chi connectivity index (χ1n) is 5.28. The van der Waals surface area contributed by atoms with Crippen molar-refractivity contribution < 1.29 is 0 Å². The van der Waals surface area contributed by atoms with Crippen LogP contribution in [0.2, 0.25) is 0 Å². The zero-order chi connectivity index (χ0) is 10.1.